The summed E-state index contributed by atoms with van der Waals surface area (Å²) in [4.78, 5) is 27.7. The van der Waals surface area contributed by atoms with Crippen LogP contribution in [-0.2, 0) is 24.2 Å². The molecule has 0 aromatic heterocycles. The molecule has 0 aliphatic carbocycles. The number of amides is 1. The van der Waals surface area contributed by atoms with Crippen LogP contribution in [-0.4, -0.2) is 61.5 Å². The Morgan fingerprint density at radius 2 is 1.96 bits per heavy atom. The molecular weight excluding hydrogens is 387 g/mol. The lowest BCUT2D eigenvalue weighted by Gasteiger charge is -2.24. The highest BCUT2D eigenvalue weighted by Crippen LogP contribution is 2.40. The fourth-order valence-corrected chi connectivity index (χ4v) is 6.76. The Hall–Kier alpha value is -1.98. The quantitative estimate of drug-likeness (QED) is 0.629. The zero-order valence-electron chi connectivity index (χ0n) is 13.3. The molecule has 8 nitrogen and oxygen atoms in total. The molecule has 2 aliphatic heterocycles. The van der Waals surface area contributed by atoms with Gasteiger partial charge < -0.3 is 19.5 Å². The summed E-state index contributed by atoms with van der Waals surface area (Å²) in [6, 6.07) is 5.02. The van der Waals surface area contributed by atoms with Crippen LogP contribution >= 0.6 is 11.8 Å². The van der Waals surface area contributed by atoms with Crippen LogP contribution in [0.3, 0.4) is 0 Å². The number of ether oxygens (including phenoxy) is 1. The van der Waals surface area contributed by atoms with Gasteiger partial charge in [-0.2, -0.15) is 4.99 Å². The van der Waals surface area contributed by atoms with Crippen LogP contribution in [0.5, 0.6) is 0 Å². The molecule has 0 spiro atoms. The van der Waals surface area contributed by atoms with Gasteiger partial charge in [-0.25, -0.2) is 12.8 Å². The molecule has 1 amide bonds. The van der Waals surface area contributed by atoms with E-state index < -0.39 is 46.8 Å². The zero-order chi connectivity index (χ0) is 18.9. The minimum atomic E-state index is -3.20. The summed E-state index contributed by atoms with van der Waals surface area (Å²) in [7, 11) is -3.20. The number of carboxylic acids is 1. The molecule has 2 aliphatic rings. The Bertz CT molecular complexity index is 855. The van der Waals surface area contributed by atoms with Gasteiger partial charge in [0.15, 0.2) is 15.0 Å². The Balaban J connectivity index is 1.84. The van der Waals surface area contributed by atoms with E-state index in [1.807, 2.05) is 0 Å². The molecule has 0 N–H and O–H groups in total. The first-order valence-electron chi connectivity index (χ1n) is 7.56. The maximum absolute atomic E-state index is 13.2. The number of rotatable bonds is 5. The highest BCUT2D eigenvalue weighted by molar-refractivity contribution is 8.16. The van der Waals surface area contributed by atoms with Crippen molar-refractivity contribution in [2.75, 3.05) is 29.6 Å². The number of aliphatic imine (C=N–C) groups is 1. The second kappa shape index (κ2) is 7.33. The lowest BCUT2D eigenvalue weighted by Crippen LogP contribution is -2.37. The van der Waals surface area contributed by atoms with E-state index in [-0.39, 0.29) is 21.9 Å². The lowest BCUT2D eigenvalue weighted by atomic mass is 10.2. The number of fused-ring (bicyclic) bond motifs is 1. The molecule has 2 saturated heterocycles. The minimum Gasteiger partial charge on any atom is -0.548 e. The Kier molecular flexibility index (Phi) is 5.30. The van der Waals surface area contributed by atoms with Gasteiger partial charge in [0.05, 0.1) is 30.1 Å². The summed E-state index contributed by atoms with van der Waals surface area (Å²) in [5.74, 6) is -2.72. The second-order valence-corrected chi connectivity index (χ2v) is 9.16. The van der Waals surface area contributed by atoms with Crippen molar-refractivity contribution < 1.29 is 32.2 Å². The van der Waals surface area contributed by atoms with Crippen molar-refractivity contribution in [3.05, 3.63) is 30.1 Å². The van der Waals surface area contributed by atoms with E-state index in [2.05, 4.69) is 9.73 Å². The SMILES string of the molecule is O=C([O-])COCC(=O)N=C1S[C@H]2CS(=O)(=O)C[C@H]2N1c1ccc(F)cc1. The van der Waals surface area contributed by atoms with Gasteiger partial charge in [0.2, 0.25) is 0 Å². The third kappa shape index (κ3) is 4.22. The van der Waals surface area contributed by atoms with Crippen LogP contribution in [0.15, 0.2) is 29.3 Å². The van der Waals surface area contributed by atoms with Gasteiger partial charge in [0.25, 0.3) is 5.91 Å². The molecule has 0 saturated carbocycles. The summed E-state index contributed by atoms with van der Waals surface area (Å²) in [6.45, 7) is -1.27. The van der Waals surface area contributed by atoms with Gasteiger partial charge >= 0.3 is 0 Å². The molecule has 0 radical (unpaired) electrons. The molecule has 140 valence electrons. The molecule has 26 heavy (non-hydrogen) atoms. The van der Waals surface area contributed by atoms with E-state index >= 15 is 0 Å². The van der Waals surface area contributed by atoms with Crippen LogP contribution in [0.2, 0.25) is 0 Å². The maximum atomic E-state index is 13.2. The number of thioether (sulfide) groups is 1. The van der Waals surface area contributed by atoms with Crippen LogP contribution in [0.4, 0.5) is 10.1 Å². The standard InChI is InChI=1S/C15H15FN2O6S2/c16-9-1-3-10(4-2-9)18-11-7-26(22,23)8-12(11)25-15(18)17-13(19)5-24-6-14(20)21/h1-4,11-12H,5-8H2,(H,20,21)/p-1/t11-,12+/m1/s1. The average Bonchev–Trinajstić information content (AvgIpc) is 2.99. The summed E-state index contributed by atoms with van der Waals surface area (Å²) in [5.41, 5.74) is 0.519. The number of hydrogen-bond donors (Lipinski definition) is 0. The van der Waals surface area contributed by atoms with Gasteiger partial charge in [0, 0.05) is 10.9 Å². The summed E-state index contributed by atoms with van der Waals surface area (Å²) >= 11 is 1.16. The molecular formula is C15H14FN2O6S2-. The maximum Gasteiger partial charge on any atom is 0.274 e. The number of nitrogens with zero attached hydrogens (tertiary/aromatic N) is 2. The number of carboxylic acid groups (broad SMARTS) is 1. The number of carbonyl (C=O) groups excluding carboxylic acids is 2. The molecule has 1 aromatic rings. The Morgan fingerprint density at radius 3 is 2.62 bits per heavy atom. The van der Waals surface area contributed by atoms with E-state index in [4.69, 9.17) is 0 Å². The second-order valence-electron chi connectivity index (χ2n) is 5.80. The van der Waals surface area contributed by atoms with E-state index in [0.29, 0.717) is 5.69 Å². The molecule has 2 heterocycles. The van der Waals surface area contributed by atoms with Crippen molar-refractivity contribution in [1.29, 1.82) is 0 Å². The predicted molar refractivity (Wildman–Crippen MR) is 91.0 cm³/mol. The predicted octanol–water partition coefficient (Wildman–Crippen LogP) is -0.806. The first kappa shape index (κ1) is 18.8. The largest absolute Gasteiger partial charge is 0.548 e. The van der Waals surface area contributed by atoms with Crippen LogP contribution < -0.4 is 10.0 Å². The summed E-state index contributed by atoms with van der Waals surface area (Å²) < 4.78 is 41.7. The van der Waals surface area contributed by atoms with E-state index in [1.165, 1.54) is 24.3 Å². The smallest absolute Gasteiger partial charge is 0.274 e. The number of hydrogen-bond acceptors (Lipinski definition) is 7. The van der Waals surface area contributed by atoms with Crippen molar-refractivity contribution in [2.24, 2.45) is 4.99 Å². The molecule has 3 rings (SSSR count). The van der Waals surface area contributed by atoms with E-state index in [0.717, 1.165) is 11.8 Å². The molecule has 2 atom stereocenters. The van der Waals surface area contributed by atoms with Gasteiger partial charge in [-0.05, 0) is 24.3 Å². The van der Waals surface area contributed by atoms with Crippen molar-refractivity contribution in [3.63, 3.8) is 0 Å². The number of halogens is 1. The van der Waals surface area contributed by atoms with Crippen molar-refractivity contribution in [1.82, 2.24) is 0 Å². The third-order valence-electron chi connectivity index (χ3n) is 3.84. The summed E-state index contributed by atoms with van der Waals surface area (Å²) in [6.07, 6.45) is 0. The molecule has 0 bridgehead atoms. The number of carbonyl (C=O) groups is 2. The van der Waals surface area contributed by atoms with Crippen molar-refractivity contribution >= 4 is 44.3 Å². The fourth-order valence-electron chi connectivity index (χ4n) is 2.83. The zero-order valence-corrected chi connectivity index (χ0v) is 15.0. The van der Waals surface area contributed by atoms with Gasteiger partial charge in [-0.15, -0.1) is 0 Å². The monoisotopic (exact) mass is 401 g/mol. The third-order valence-corrected chi connectivity index (χ3v) is 7.05. The normalized spacial score (nSPS) is 25.4. The van der Waals surface area contributed by atoms with Crippen LogP contribution in [0.25, 0.3) is 0 Å². The first-order chi connectivity index (χ1) is 12.2. The molecule has 11 heteroatoms. The highest BCUT2D eigenvalue weighted by atomic mass is 32.2. The number of amidine groups is 1. The average molecular weight is 401 g/mol. The summed E-state index contributed by atoms with van der Waals surface area (Å²) in [5, 5.41) is 10.3. The van der Waals surface area contributed by atoms with Crippen molar-refractivity contribution in [2.45, 2.75) is 11.3 Å². The number of sulfone groups is 1. The van der Waals surface area contributed by atoms with Crippen LogP contribution in [0, 0.1) is 5.82 Å². The van der Waals surface area contributed by atoms with Gasteiger partial charge in [-0.1, -0.05) is 11.8 Å². The van der Waals surface area contributed by atoms with Gasteiger partial charge in [-0.3, -0.25) is 4.79 Å². The molecule has 0 unspecified atom stereocenters. The Labute approximate surface area is 153 Å². The van der Waals surface area contributed by atoms with Crippen LogP contribution in [0.1, 0.15) is 0 Å². The van der Waals surface area contributed by atoms with Crippen molar-refractivity contribution in [3.8, 4) is 0 Å². The van der Waals surface area contributed by atoms with E-state index in [1.54, 1.807) is 4.90 Å². The fraction of sp³-hybridized carbons (Fsp3) is 0.400. The van der Waals surface area contributed by atoms with E-state index in [9.17, 15) is 27.5 Å². The Morgan fingerprint density at radius 1 is 1.27 bits per heavy atom. The van der Waals surface area contributed by atoms with Gasteiger partial charge in [0.1, 0.15) is 12.4 Å². The minimum absolute atomic E-state index is 0.0333. The number of aliphatic carboxylic acids is 1. The lowest BCUT2D eigenvalue weighted by molar-refractivity contribution is -0.309. The number of anilines is 1. The number of benzene rings is 1. The highest BCUT2D eigenvalue weighted by Gasteiger charge is 2.49. The topological polar surface area (TPSA) is 116 Å². The first-order valence-corrected chi connectivity index (χ1v) is 10.3. The molecule has 2 fully saturated rings. The molecule has 1 aromatic carbocycles.